The highest BCUT2D eigenvalue weighted by molar-refractivity contribution is 8.01. The van der Waals surface area contributed by atoms with Crippen molar-refractivity contribution >= 4 is 40.4 Å². The summed E-state index contributed by atoms with van der Waals surface area (Å²) in [5, 5.41) is 11.8. The van der Waals surface area contributed by atoms with Crippen molar-refractivity contribution in [2.45, 2.75) is 31.0 Å². The van der Waals surface area contributed by atoms with Crippen LogP contribution in [0.25, 0.3) is 0 Å². The van der Waals surface area contributed by atoms with Gasteiger partial charge in [0.1, 0.15) is 5.01 Å². The summed E-state index contributed by atoms with van der Waals surface area (Å²) < 4.78 is 0.832. The Morgan fingerprint density at radius 3 is 2.74 bits per heavy atom. The number of carbonyl (C=O) groups is 1. The van der Waals surface area contributed by atoms with Crippen molar-refractivity contribution in [3.05, 3.63) is 28.8 Å². The molecule has 1 fully saturated rings. The van der Waals surface area contributed by atoms with E-state index >= 15 is 0 Å². The minimum atomic E-state index is -0.0174. The number of rotatable bonds is 5. The zero-order chi connectivity index (χ0) is 16.2. The van der Waals surface area contributed by atoms with Crippen LogP contribution in [0.15, 0.2) is 22.5 Å². The van der Waals surface area contributed by atoms with E-state index in [0.717, 1.165) is 28.1 Å². The zero-order valence-corrected chi connectivity index (χ0v) is 15.0. The molecule has 3 rings (SSSR count). The molecule has 2 aromatic rings. The first-order valence-corrected chi connectivity index (χ1v) is 9.50. The molecule has 0 saturated carbocycles. The molecule has 1 amide bonds. The van der Waals surface area contributed by atoms with Crippen LogP contribution in [0.5, 0.6) is 0 Å². The number of benzene rings is 1. The quantitative estimate of drug-likeness (QED) is 0.838. The monoisotopic (exact) mass is 348 g/mol. The second-order valence-corrected chi connectivity index (χ2v) is 8.02. The molecule has 1 aliphatic rings. The van der Waals surface area contributed by atoms with Crippen LogP contribution < -0.4 is 10.2 Å². The van der Waals surface area contributed by atoms with E-state index < -0.39 is 0 Å². The molecule has 1 aromatic carbocycles. The number of anilines is 2. The van der Waals surface area contributed by atoms with Crippen LogP contribution >= 0.6 is 23.1 Å². The highest BCUT2D eigenvalue weighted by atomic mass is 32.2. The molecule has 1 aliphatic heterocycles. The predicted molar refractivity (Wildman–Crippen MR) is 96.6 cm³/mol. The third-order valence-electron chi connectivity index (χ3n) is 3.76. The van der Waals surface area contributed by atoms with E-state index in [1.54, 1.807) is 0 Å². The van der Waals surface area contributed by atoms with Gasteiger partial charge in [0.15, 0.2) is 4.34 Å². The number of amides is 1. The number of aromatic nitrogens is 2. The Bertz CT molecular complexity index is 695. The molecule has 5 nitrogen and oxygen atoms in total. The van der Waals surface area contributed by atoms with Gasteiger partial charge >= 0.3 is 0 Å². The average Bonchev–Trinajstić information content (AvgIpc) is 3.17. The molecule has 0 spiro atoms. The van der Waals surface area contributed by atoms with Crippen molar-refractivity contribution in [1.82, 2.24) is 10.2 Å². The van der Waals surface area contributed by atoms with Crippen molar-refractivity contribution in [1.29, 1.82) is 0 Å². The minimum absolute atomic E-state index is 0.0174. The summed E-state index contributed by atoms with van der Waals surface area (Å²) in [6.45, 7) is 6.27. The fourth-order valence-electron chi connectivity index (χ4n) is 2.71. The maximum Gasteiger partial charge on any atom is 0.234 e. The summed E-state index contributed by atoms with van der Waals surface area (Å²) in [5.74, 6) is 0.331. The molecule has 0 aliphatic carbocycles. The topological polar surface area (TPSA) is 58.1 Å². The average molecular weight is 348 g/mol. The standard InChI is InChI=1S/C16H20N4OS2/c1-11-9-13(5-6-14(11)20-7-3-4-8-20)17-15(21)10-22-16-19-18-12(2)23-16/h5-6,9H,3-4,7-8,10H2,1-2H3,(H,17,21). The van der Waals surface area contributed by atoms with Gasteiger partial charge in [0.25, 0.3) is 0 Å². The molecule has 1 N–H and O–H groups in total. The Morgan fingerprint density at radius 1 is 1.30 bits per heavy atom. The molecule has 0 unspecified atom stereocenters. The lowest BCUT2D eigenvalue weighted by Crippen LogP contribution is -2.19. The Labute approximate surface area is 144 Å². The van der Waals surface area contributed by atoms with Gasteiger partial charge in [-0.1, -0.05) is 23.1 Å². The number of hydrogen-bond acceptors (Lipinski definition) is 6. The van der Waals surface area contributed by atoms with Crippen LogP contribution in [-0.2, 0) is 4.79 Å². The zero-order valence-electron chi connectivity index (χ0n) is 13.3. The molecule has 1 saturated heterocycles. The van der Waals surface area contributed by atoms with Gasteiger partial charge < -0.3 is 10.2 Å². The summed E-state index contributed by atoms with van der Waals surface area (Å²) in [6.07, 6.45) is 2.53. The van der Waals surface area contributed by atoms with E-state index in [-0.39, 0.29) is 5.91 Å². The van der Waals surface area contributed by atoms with E-state index in [0.29, 0.717) is 5.75 Å². The second-order valence-electron chi connectivity index (χ2n) is 5.62. The van der Waals surface area contributed by atoms with Gasteiger partial charge in [-0.25, -0.2) is 0 Å². The smallest absolute Gasteiger partial charge is 0.234 e. The van der Waals surface area contributed by atoms with Gasteiger partial charge in [-0.05, 0) is 50.5 Å². The van der Waals surface area contributed by atoms with E-state index in [1.807, 2.05) is 19.1 Å². The lowest BCUT2D eigenvalue weighted by Gasteiger charge is -2.20. The molecule has 0 radical (unpaired) electrons. The summed E-state index contributed by atoms with van der Waals surface area (Å²) in [4.78, 5) is 14.5. The molecule has 23 heavy (non-hydrogen) atoms. The third kappa shape index (κ3) is 4.23. The van der Waals surface area contributed by atoms with Crippen LogP contribution in [0.4, 0.5) is 11.4 Å². The van der Waals surface area contributed by atoms with Crippen LogP contribution in [0.2, 0.25) is 0 Å². The number of nitrogens with zero attached hydrogens (tertiary/aromatic N) is 3. The molecule has 122 valence electrons. The van der Waals surface area contributed by atoms with Gasteiger partial charge in [-0.3, -0.25) is 4.79 Å². The van der Waals surface area contributed by atoms with E-state index in [2.05, 4.69) is 33.4 Å². The predicted octanol–water partition coefficient (Wildman–Crippen LogP) is 3.49. The van der Waals surface area contributed by atoms with Gasteiger partial charge in [0.05, 0.1) is 5.75 Å². The molecular weight excluding hydrogens is 328 g/mol. The Morgan fingerprint density at radius 2 is 2.09 bits per heavy atom. The SMILES string of the molecule is Cc1nnc(SCC(=O)Nc2ccc(N3CCCC3)c(C)c2)s1. The van der Waals surface area contributed by atoms with Gasteiger partial charge in [-0.15, -0.1) is 10.2 Å². The van der Waals surface area contributed by atoms with Crippen LogP contribution in [0, 0.1) is 13.8 Å². The summed E-state index contributed by atoms with van der Waals surface area (Å²) in [6, 6.07) is 6.14. The molecule has 7 heteroatoms. The maximum absolute atomic E-state index is 12.1. The molecule has 0 atom stereocenters. The van der Waals surface area contributed by atoms with E-state index in [4.69, 9.17) is 0 Å². The van der Waals surface area contributed by atoms with E-state index in [9.17, 15) is 4.79 Å². The number of aryl methyl sites for hydroxylation is 2. The maximum atomic E-state index is 12.1. The van der Waals surface area contributed by atoms with Crippen molar-refractivity contribution in [3.8, 4) is 0 Å². The fraction of sp³-hybridized carbons (Fsp3) is 0.438. The summed E-state index contributed by atoms with van der Waals surface area (Å²) in [7, 11) is 0. The van der Waals surface area contributed by atoms with Crippen molar-refractivity contribution < 1.29 is 4.79 Å². The largest absolute Gasteiger partial charge is 0.371 e. The third-order valence-corrected chi connectivity index (χ3v) is 5.73. The van der Waals surface area contributed by atoms with E-state index in [1.165, 1.54) is 47.2 Å². The van der Waals surface area contributed by atoms with Crippen LogP contribution in [0.3, 0.4) is 0 Å². The van der Waals surface area contributed by atoms with Crippen molar-refractivity contribution in [3.63, 3.8) is 0 Å². The number of hydrogen-bond donors (Lipinski definition) is 1. The number of thioether (sulfide) groups is 1. The summed E-state index contributed by atoms with van der Waals surface area (Å²) in [5.41, 5.74) is 3.33. The lowest BCUT2D eigenvalue weighted by molar-refractivity contribution is -0.113. The van der Waals surface area contributed by atoms with Crippen LogP contribution in [-0.4, -0.2) is 34.9 Å². The lowest BCUT2D eigenvalue weighted by atomic mass is 10.1. The summed E-state index contributed by atoms with van der Waals surface area (Å²) >= 11 is 2.93. The van der Waals surface area contributed by atoms with Gasteiger partial charge in [0, 0.05) is 24.5 Å². The molecular formula is C16H20N4OS2. The van der Waals surface area contributed by atoms with Crippen molar-refractivity contribution in [2.75, 3.05) is 29.1 Å². The molecule has 0 bridgehead atoms. The molecule has 2 heterocycles. The van der Waals surface area contributed by atoms with Crippen LogP contribution in [0.1, 0.15) is 23.4 Å². The Balaban J connectivity index is 1.56. The molecule has 1 aromatic heterocycles. The first-order valence-electron chi connectivity index (χ1n) is 7.70. The van der Waals surface area contributed by atoms with Gasteiger partial charge in [-0.2, -0.15) is 0 Å². The first kappa shape index (κ1) is 16.3. The second kappa shape index (κ2) is 7.31. The Kier molecular flexibility index (Phi) is 5.17. The number of carbonyl (C=O) groups excluding carboxylic acids is 1. The minimum Gasteiger partial charge on any atom is -0.371 e. The first-order chi connectivity index (χ1) is 11.1. The number of nitrogens with one attached hydrogen (secondary N) is 1. The normalized spacial score (nSPS) is 14.3. The highest BCUT2D eigenvalue weighted by Gasteiger charge is 2.15. The fourth-order valence-corrected chi connectivity index (χ4v) is 4.32. The van der Waals surface area contributed by atoms with Gasteiger partial charge in [0.2, 0.25) is 5.91 Å². The Hall–Kier alpha value is -1.60. The van der Waals surface area contributed by atoms with Crippen molar-refractivity contribution in [2.24, 2.45) is 0 Å². The highest BCUT2D eigenvalue weighted by Crippen LogP contribution is 2.27.